The van der Waals surface area contributed by atoms with Crippen molar-refractivity contribution in [1.82, 2.24) is 15.0 Å². The number of rotatable bonds is 6. The number of anilines is 3. The molecule has 7 nitrogen and oxygen atoms in total. The highest BCUT2D eigenvalue weighted by molar-refractivity contribution is 5.77. The molecule has 1 aromatic carbocycles. The van der Waals surface area contributed by atoms with Gasteiger partial charge in [-0.25, -0.2) is 19.7 Å². The third-order valence-corrected chi connectivity index (χ3v) is 4.66. The fourth-order valence-corrected chi connectivity index (χ4v) is 2.86. The lowest BCUT2D eigenvalue weighted by Gasteiger charge is -2.22. The molecule has 3 rings (SSSR count). The molecule has 0 aliphatic heterocycles. The zero-order valence-corrected chi connectivity index (χ0v) is 17.0. The number of nitrogens with zero attached hydrogens (tertiary/aromatic N) is 4. The maximum Gasteiger partial charge on any atom is 0.433 e. The summed E-state index contributed by atoms with van der Waals surface area (Å²) >= 11 is 0. The number of alkyl halides is 3. The third-order valence-electron chi connectivity index (χ3n) is 4.66. The van der Waals surface area contributed by atoms with Crippen molar-refractivity contribution >= 4 is 23.4 Å². The predicted octanol–water partition coefficient (Wildman–Crippen LogP) is 4.52. The predicted molar refractivity (Wildman–Crippen MR) is 110 cm³/mol. The van der Waals surface area contributed by atoms with Crippen molar-refractivity contribution in [2.24, 2.45) is 0 Å². The van der Waals surface area contributed by atoms with Crippen LogP contribution in [0, 0.1) is 6.92 Å². The lowest BCUT2D eigenvalue weighted by atomic mass is 10.0. The summed E-state index contributed by atoms with van der Waals surface area (Å²) < 4.78 is 38.6. The van der Waals surface area contributed by atoms with E-state index < -0.39 is 23.9 Å². The van der Waals surface area contributed by atoms with E-state index >= 15 is 0 Å². The Bertz CT molecular complexity index is 1090. The molecule has 162 valence electrons. The molecule has 0 aliphatic carbocycles. The van der Waals surface area contributed by atoms with Crippen LogP contribution in [0.4, 0.5) is 30.6 Å². The van der Waals surface area contributed by atoms with Crippen molar-refractivity contribution in [1.29, 1.82) is 0 Å². The van der Waals surface area contributed by atoms with Gasteiger partial charge in [0, 0.05) is 30.7 Å². The highest BCUT2D eigenvalue weighted by atomic mass is 19.4. The van der Waals surface area contributed by atoms with Crippen LogP contribution in [-0.2, 0) is 11.0 Å². The molecule has 0 fully saturated rings. The second-order valence-corrected chi connectivity index (χ2v) is 7.01. The molecule has 0 saturated heterocycles. The Morgan fingerprint density at radius 2 is 1.87 bits per heavy atom. The first-order chi connectivity index (χ1) is 14.5. The minimum absolute atomic E-state index is 0.163. The van der Waals surface area contributed by atoms with Crippen molar-refractivity contribution in [3.05, 3.63) is 60.0 Å². The summed E-state index contributed by atoms with van der Waals surface area (Å²) in [5, 5.41) is 11.9. The van der Waals surface area contributed by atoms with Gasteiger partial charge >= 0.3 is 12.1 Å². The minimum atomic E-state index is -4.56. The topological polar surface area (TPSA) is 91.2 Å². The molecular formula is C21H20F3N5O2. The SMILES string of the molecule is Cc1cc(Nc2nccc(C(F)(F)F)n2)cc(-c2ccc(N(C)[C@@H](C)C(=O)O)nc2)c1. The molecule has 0 aliphatic rings. The lowest BCUT2D eigenvalue weighted by Crippen LogP contribution is -2.36. The summed E-state index contributed by atoms with van der Waals surface area (Å²) in [6, 6.07) is 8.99. The number of halogens is 3. The monoisotopic (exact) mass is 431 g/mol. The maximum absolute atomic E-state index is 12.9. The van der Waals surface area contributed by atoms with Crippen LogP contribution >= 0.6 is 0 Å². The number of carboxylic acid groups (broad SMARTS) is 1. The van der Waals surface area contributed by atoms with Gasteiger partial charge in [0.05, 0.1) is 0 Å². The number of aromatic nitrogens is 3. The van der Waals surface area contributed by atoms with Crippen LogP contribution in [0.5, 0.6) is 0 Å². The van der Waals surface area contributed by atoms with E-state index in [1.54, 1.807) is 49.3 Å². The smallest absolute Gasteiger partial charge is 0.433 e. The van der Waals surface area contributed by atoms with Crippen molar-refractivity contribution in [2.45, 2.75) is 26.1 Å². The van der Waals surface area contributed by atoms with Crippen LogP contribution in [0.15, 0.2) is 48.8 Å². The molecule has 2 N–H and O–H groups in total. The number of likely N-dealkylation sites (N-methyl/N-ethyl adjacent to an activating group) is 1. The first-order valence-corrected chi connectivity index (χ1v) is 9.25. The van der Waals surface area contributed by atoms with E-state index in [2.05, 4.69) is 20.3 Å². The summed E-state index contributed by atoms with van der Waals surface area (Å²) in [6.45, 7) is 3.41. The lowest BCUT2D eigenvalue weighted by molar-refractivity contribution is -0.141. The highest BCUT2D eigenvalue weighted by Crippen LogP contribution is 2.29. The highest BCUT2D eigenvalue weighted by Gasteiger charge is 2.32. The van der Waals surface area contributed by atoms with Crippen LogP contribution in [0.3, 0.4) is 0 Å². The molecule has 3 aromatic rings. The second kappa shape index (κ2) is 8.58. The zero-order chi connectivity index (χ0) is 22.8. The van der Waals surface area contributed by atoms with Gasteiger partial charge < -0.3 is 15.3 Å². The second-order valence-electron chi connectivity index (χ2n) is 7.01. The fraction of sp³-hybridized carbons (Fsp3) is 0.238. The van der Waals surface area contributed by atoms with Gasteiger partial charge in [-0.15, -0.1) is 0 Å². The van der Waals surface area contributed by atoms with Gasteiger partial charge in [0.25, 0.3) is 0 Å². The van der Waals surface area contributed by atoms with Gasteiger partial charge in [-0.05, 0) is 55.3 Å². The maximum atomic E-state index is 12.9. The molecule has 0 unspecified atom stereocenters. The Kier molecular flexibility index (Phi) is 6.09. The molecular weight excluding hydrogens is 411 g/mol. The number of benzene rings is 1. The Labute approximate surface area is 176 Å². The number of nitrogens with one attached hydrogen (secondary N) is 1. The molecule has 31 heavy (non-hydrogen) atoms. The Morgan fingerprint density at radius 3 is 2.48 bits per heavy atom. The normalized spacial score (nSPS) is 12.3. The molecule has 0 amide bonds. The van der Waals surface area contributed by atoms with Gasteiger partial charge in [-0.3, -0.25) is 0 Å². The third kappa shape index (κ3) is 5.27. The summed E-state index contributed by atoms with van der Waals surface area (Å²) in [5.74, 6) is -0.620. The number of carbonyl (C=O) groups is 1. The van der Waals surface area contributed by atoms with Gasteiger partial charge in [-0.1, -0.05) is 6.07 Å². The summed E-state index contributed by atoms with van der Waals surface area (Å²) in [7, 11) is 1.64. The van der Waals surface area contributed by atoms with Crippen LogP contribution in [0.2, 0.25) is 0 Å². The molecule has 1 atom stereocenters. The quantitative estimate of drug-likeness (QED) is 0.593. The zero-order valence-electron chi connectivity index (χ0n) is 17.0. The first kappa shape index (κ1) is 22.0. The molecule has 0 bridgehead atoms. The molecule has 2 aromatic heterocycles. The van der Waals surface area contributed by atoms with E-state index in [9.17, 15) is 18.0 Å². The van der Waals surface area contributed by atoms with Gasteiger partial charge in [0.15, 0.2) is 0 Å². The van der Waals surface area contributed by atoms with Crippen LogP contribution in [-0.4, -0.2) is 39.1 Å². The van der Waals surface area contributed by atoms with Crippen molar-refractivity contribution in [3.63, 3.8) is 0 Å². The van der Waals surface area contributed by atoms with Crippen molar-refractivity contribution < 1.29 is 23.1 Å². The molecule has 10 heteroatoms. The summed E-state index contributed by atoms with van der Waals surface area (Å²) in [5.41, 5.74) is 1.90. The Balaban J connectivity index is 1.85. The molecule has 2 heterocycles. The number of carboxylic acids is 1. The Hall–Kier alpha value is -3.69. The van der Waals surface area contributed by atoms with Crippen LogP contribution < -0.4 is 10.2 Å². The number of hydrogen-bond donors (Lipinski definition) is 2. The van der Waals surface area contributed by atoms with Crippen molar-refractivity contribution in [3.8, 4) is 11.1 Å². The van der Waals surface area contributed by atoms with Gasteiger partial charge in [0.1, 0.15) is 17.6 Å². The average Bonchev–Trinajstić information content (AvgIpc) is 2.72. The number of pyridine rings is 1. The standard InChI is InChI=1S/C21H20F3N5O2/c1-12-8-15(14-4-5-18(26-11-14)29(3)13(2)19(30)31)10-16(9-12)27-20-25-7-6-17(28-20)21(22,23)24/h4-11,13H,1-3H3,(H,30,31)(H,25,27,28)/t13-/m0/s1. The van der Waals surface area contributed by atoms with Crippen LogP contribution in [0.1, 0.15) is 18.2 Å². The number of aliphatic carboxylic acids is 1. The fourth-order valence-electron chi connectivity index (χ4n) is 2.86. The van der Waals surface area contributed by atoms with E-state index in [4.69, 9.17) is 5.11 Å². The van der Waals surface area contributed by atoms with E-state index in [1.165, 1.54) is 0 Å². The van der Waals surface area contributed by atoms with E-state index in [0.29, 0.717) is 11.5 Å². The molecule has 0 spiro atoms. The molecule has 0 radical (unpaired) electrons. The average molecular weight is 431 g/mol. The van der Waals surface area contributed by atoms with Crippen molar-refractivity contribution in [2.75, 3.05) is 17.3 Å². The molecule has 0 saturated carbocycles. The number of aryl methyl sites for hydroxylation is 1. The van der Waals surface area contributed by atoms with E-state index in [-0.39, 0.29) is 5.95 Å². The van der Waals surface area contributed by atoms with E-state index in [1.807, 2.05) is 13.0 Å². The van der Waals surface area contributed by atoms with Gasteiger partial charge in [-0.2, -0.15) is 13.2 Å². The Morgan fingerprint density at radius 1 is 1.13 bits per heavy atom. The number of hydrogen-bond acceptors (Lipinski definition) is 6. The van der Waals surface area contributed by atoms with E-state index in [0.717, 1.165) is 29.0 Å². The summed E-state index contributed by atoms with van der Waals surface area (Å²) in [6.07, 6.45) is -1.90. The minimum Gasteiger partial charge on any atom is -0.480 e. The first-order valence-electron chi connectivity index (χ1n) is 9.25. The largest absolute Gasteiger partial charge is 0.480 e. The van der Waals surface area contributed by atoms with Gasteiger partial charge in [0.2, 0.25) is 5.95 Å². The van der Waals surface area contributed by atoms with Crippen LogP contribution in [0.25, 0.3) is 11.1 Å². The summed E-state index contributed by atoms with van der Waals surface area (Å²) in [4.78, 5) is 24.4.